The molecule has 0 saturated carbocycles. The van der Waals surface area contributed by atoms with Crippen molar-refractivity contribution in [3.63, 3.8) is 0 Å². The molecule has 6 nitrogen and oxygen atoms in total. The minimum absolute atomic E-state index is 0.111. The molecule has 2 rings (SSSR count). The summed E-state index contributed by atoms with van der Waals surface area (Å²) in [5, 5.41) is 11.6. The molecule has 0 radical (unpaired) electrons. The molecule has 14 heavy (non-hydrogen) atoms. The summed E-state index contributed by atoms with van der Waals surface area (Å²) in [5.41, 5.74) is 0.534. The van der Waals surface area contributed by atoms with E-state index in [1.165, 1.54) is 6.07 Å². The van der Waals surface area contributed by atoms with Crippen molar-refractivity contribution in [3.8, 4) is 0 Å². The topological polar surface area (TPSA) is 89.5 Å². The molecule has 1 aromatic carbocycles. The zero-order chi connectivity index (χ0) is 10.3. The van der Waals surface area contributed by atoms with Gasteiger partial charge in [-0.05, 0) is 5.56 Å². The van der Waals surface area contributed by atoms with E-state index in [1.807, 2.05) is 0 Å². The van der Waals surface area contributed by atoms with Crippen LogP contribution in [0.1, 0.15) is 15.9 Å². The Hall–Kier alpha value is -1.95. The highest BCUT2D eigenvalue weighted by Crippen LogP contribution is 2.28. The number of rotatable bonds is 1. The minimum Gasteiger partial charge on any atom is -0.272 e. The van der Waals surface area contributed by atoms with Crippen LogP contribution in [0.3, 0.4) is 0 Å². The third kappa shape index (κ3) is 1.05. The zero-order valence-corrected chi connectivity index (χ0v) is 7.14. The summed E-state index contributed by atoms with van der Waals surface area (Å²) >= 11 is 0. The largest absolute Gasteiger partial charge is 0.282 e. The maximum atomic E-state index is 11.4. The number of carbonyl (C=O) groups excluding carboxylic acids is 1. The number of hydrogen-bond acceptors (Lipinski definition) is 4. The Morgan fingerprint density at radius 2 is 2.21 bits per heavy atom. The van der Waals surface area contributed by atoms with Gasteiger partial charge in [0.25, 0.3) is 11.6 Å². The number of hydrazine groups is 1. The molecular formula is C8H7N3O3. The lowest BCUT2D eigenvalue weighted by molar-refractivity contribution is -0.385. The van der Waals surface area contributed by atoms with Gasteiger partial charge in [0.15, 0.2) is 0 Å². The molecule has 0 spiro atoms. The van der Waals surface area contributed by atoms with Gasteiger partial charge in [0.1, 0.15) is 5.56 Å². The summed E-state index contributed by atoms with van der Waals surface area (Å²) in [6.07, 6.45) is 0. The van der Waals surface area contributed by atoms with Crippen LogP contribution < -0.4 is 5.84 Å². The first kappa shape index (κ1) is 8.64. The van der Waals surface area contributed by atoms with Gasteiger partial charge in [-0.1, -0.05) is 12.1 Å². The highest BCUT2D eigenvalue weighted by atomic mass is 16.6. The zero-order valence-electron chi connectivity index (χ0n) is 7.14. The molecule has 0 saturated heterocycles. The Kier molecular flexibility index (Phi) is 1.71. The van der Waals surface area contributed by atoms with Gasteiger partial charge < -0.3 is 0 Å². The van der Waals surface area contributed by atoms with Crippen LogP contribution in [0, 0.1) is 10.1 Å². The summed E-state index contributed by atoms with van der Waals surface area (Å²) in [6.45, 7) is 0.232. The monoisotopic (exact) mass is 193 g/mol. The molecule has 0 aromatic heterocycles. The second kappa shape index (κ2) is 2.78. The van der Waals surface area contributed by atoms with Gasteiger partial charge in [-0.3, -0.25) is 19.9 Å². The Labute approximate surface area is 79.0 Å². The first-order chi connectivity index (χ1) is 6.61. The fraction of sp³-hybridized carbons (Fsp3) is 0.125. The van der Waals surface area contributed by atoms with E-state index in [2.05, 4.69) is 0 Å². The second-order valence-electron chi connectivity index (χ2n) is 3.00. The van der Waals surface area contributed by atoms with E-state index in [4.69, 9.17) is 5.84 Å². The Morgan fingerprint density at radius 1 is 1.50 bits per heavy atom. The van der Waals surface area contributed by atoms with Crippen molar-refractivity contribution >= 4 is 11.6 Å². The van der Waals surface area contributed by atoms with Gasteiger partial charge in [-0.2, -0.15) is 0 Å². The average molecular weight is 193 g/mol. The van der Waals surface area contributed by atoms with E-state index in [1.54, 1.807) is 12.1 Å². The molecule has 2 N–H and O–H groups in total. The van der Waals surface area contributed by atoms with Gasteiger partial charge in [0, 0.05) is 6.07 Å². The molecule has 0 fully saturated rings. The van der Waals surface area contributed by atoms with Crippen molar-refractivity contribution in [2.45, 2.75) is 6.54 Å². The Bertz CT molecular complexity index is 430. The van der Waals surface area contributed by atoms with Crippen molar-refractivity contribution in [1.29, 1.82) is 0 Å². The molecule has 0 unspecified atom stereocenters. The smallest absolute Gasteiger partial charge is 0.272 e. The van der Waals surface area contributed by atoms with E-state index in [-0.39, 0.29) is 17.8 Å². The minimum atomic E-state index is -0.574. The summed E-state index contributed by atoms with van der Waals surface area (Å²) in [5.74, 6) is 4.87. The number of amides is 1. The lowest BCUT2D eigenvalue weighted by atomic mass is 10.1. The van der Waals surface area contributed by atoms with Crippen molar-refractivity contribution in [1.82, 2.24) is 5.01 Å². The second-order valence-corrected chi connectivity index (χ2v) is 3.00. The quantitative estimate of drug-likeness (QED) is 0.303. The Morgan fingerprint density at radius 3 is 2.86 bits per heavy atom. The van der Waals surface area contributed by atoms with Crippen molar-refractivity contribution in [2.24, 2.45) is 5.84 Å². The SMILES string of the molecule is NN1Cc2cccc([N+](=O)[O-])c2C1=O. The van der Waals surface area contributed by atoms with Crippen molar-refractivity contribution in [2.75, 3.05) is 0 Å². The van der Waals surface area contributed by atoms with Gasteiger partial charge in [-0.25, -0.2) is 5.84 Å². The molecule has 1 aromatic rings. The number of nitro groups is 1. The number of fused-ring (bicyclic) bond motifs is 1. The number of hydrogen-bond donors (Lipinski definition) is 1. The van der Waals surface area contributed by atoms with Crippen molar-refractivity contribution < 1.29 is 9.72 Å². The average Bonchev–Trinajstić information content (AvgIpc) is 2.43. The summed E-state index contributed by atoms with van der Waals surface area (Å²) in [4.78, 5) is 21.5. The van der Waals surface area contributed by atoms with E-state index in [0.29, 0.717) is 5.56 Å². The molecule has 72 valence electrons. The highest BCUT2D eigenvalue weighted by Gasteiger charge is 2.32. The van der Waals surface area contributed by atoms with Crippen LogP contribution in [0.2, 0.25) is 0 Å². The molecule has 1 heterocycles. The van der Waals surface area contributed by atoms with Crippen LogP contribution in [0.5, 0.6) is 0 Å². The maximum absolute atomic E-state index is 11.4. The maximum Gasteiger partial charge on any atom is 0.282 e. The Balaban J connectivity index is 2.64. The third-order valence-corrected chi connectivity index (χ3v) is 2.14. The number of nitro benzene ring substituents is 1. The normalized spacial score (nSPS) is 14.4. The molecule has 0 aliphatic carbocycles. The fourth-order valence-electron chi connectivity index (χ4n) is 1.52. The number of nitrogens with zero attached hydrogens (tertiary/aromatic N) is 2. The van der Waals surface area contributed by atoms with Gasteiger partial charge in [-0.15, -0.1) is 0 Å². The van der Waals surface area contributed by atoms with Crippen LogP contribution >= 0.6 is 0 Å². The molecule has 0 bridgehead atoms. The summed E-state index contributed by atoms with van der Waals surface area (Å²) in [6, 6.07) is 4.51. The van der Waals surface area contributed by atoms with Crippen LogP contribution in [0.4, 0.5) is 5.69 Å². The third-order valence-electron chi connectivity index (χ3n) is 2.14. The molecular weight excluding hydrogens is 186 g/mol. The molecule has 6 heteroatoms. The fourth-order valence-corrected chi connectivity index (χ4v) is 1.52. The lowest BCUT2D eigenvalue weighted by Gasteiger charge is -2.04. The lowest BCUT2D eigenvalue weighted by Crippen LogP contribution is -2.30. The van der Waals surface area contributed by atoms with E-state index < -0.39 is 10.8 Å². The molecule has 1 aliphatic heterocycles. The van der Waals surface area contributed by atoms with E-state index >= 15 is 0 Å². The number of nitrogens with two attached hydrogens (primary N) is 1. The molecule has 0 atom stereocenters. The predicted molar refractivity (Wildman–Crippen MR) is 47.2 cm³/mol. The van der Waals surface area contributed by atoms with Crippen LogP contribution in [0.15, 0.2) is 18.2 Å². The number of benzene rings is 1. The van der Waals surface area contributed by atoms with Crippen LogP contribution in [-0.4, -0.2) is 15.8 Å². The number of carbonyl (C=O) groups is 1. The van der Waals surface area contributed by atoms with E-state index in [0.717, 1.165) is 5.01 Å². The standard InChI is InChI=1S/C8H7N3O3/c9-10-4-5-2-1-3-6(11(13)14)7(5)8(10)12/h1-3H,4,9H2. The van der Waals surface area contributed by atoms with E-state index in [9.17, 15) is 14.9 Å². The summed E-state index contributed by atoms with van der Waals surface area (Å²) in [7, 11) is 0. The van der Waals surface area contributed by atoms with Gasteiger partial charge in [0.05, 0.1) is 11.5 Å². The van der Waals surface area contributed by atoms with Gasteiger partial charge >= 0.3 is 0 Å². The first-order valence-corrected chi connectivity index (χ1v) is 3.94. The summed E-state index contributed by atoms with van der Waals surface area (Å²) < 4.78 is 0. The first-order valence-electron chi connectivity index (χ1n) is 3.94. The van der Waals surface area contributed by atoms with Gasteiger partial charge in [0.2, 0.25) is 0 Å². The van der Waals surface area contributed by atoms with Crippen molar-refractivity contribution in [3.05, 3.63) is 39.4 Å². The van der Waals surface area contributed by atoms with Crippen LogP contribution in [-0.2, 0) is 6.54 Å². The molecule has 1 amide bonds. The highest BCUT2D eigenvalue weighted by molar-refractivity contribution is 6.01. The van der Waals surface area contributed by atoms with Crippen LogP contribution in [0.25, 0.3) is 0 Å². The molecule has 1 aliphatic rings. The predicted octanol–water partition coefficient (Wildman–Crippen LogP) is 0.424.